The van der Waals surface area contributed by atoms with Gasteiger partial charge in [0, 0.05) is 25.5 Å². The molecule has 26 heavy (non-hydrogen) atoms. The zero-order valence-electron chi connectivity index (χ0n) is 14.4. The lowest BCUT2D eigenvalue weighted by Crippen LogP contribution is -2.26. The van der Waals surface area contributed by atoms with Crippen LogP contribution in [0.4, 0.5) is 0 Å². The minimum Gasteiger partial charge on any atom is -0.470 e. The molecule has 0 spiro atoms. The second-order valence-corrected chi connectivity index (χ2v) is 6.24. The van der Waals surface area contributed by atoms with E-state index in [1.807, 2.05) is 36.1 Å². The van der Waals surface area contributed by atoms with Gasteiger partial charge in [-0.3, -0.25) is 9.48 Å². The van der Waals surface area contributed by atoms with Crippen molar-refractivity contribution in [2.24, 2.45) is 0 Å². The minimum atomic E-state index is -0.210. The number of para-hydroxylation sites is 1. The number of benzene rings is 1. The Bertz CT molecular complexity index is 874. The van der Waals surface area contributed by atoms with Crippen molar-refractivity contribution in [3.8, 4) is 5.75 Å². The molecular weight excluding hydrogens is 354 g/mol. The zero-order chi connectivity index (χ0) is 18.4. The van der Waals surface area contributed by atoms with Crippen LogP contribution in [-0.2, 0) is 13.3 Å². The number of aryl methyl sites for hydroxylation is 2. The van der Waals surface area contributed by atoms with E-state index in [1.54, 1.807) is 29.1 Å². The van der Waals surface area contributed by atoms with E-state index in [4.69, 9.17) is 16.3 Å². The molecule has 1 N–H and O–H groups in total. The van der Waals surface area contributed by atoms with Gasteiger partial charge in [-0.25, -0.2) is 4.68 Å². The predicted molar refractivity (Wildman–Crippen MR) is 98.2 cm³/mol. The maximum Gasteiger partial charge on any atom is 0.271 e. The summed E-state index contributed by atoms with van der Waals surface area (Å²) in [4.78, 5) is 12.1. The van der Waals surface area contributed by atoms with Crippen LogP contribution in [0.2, 0.25) is 5.02 Å². The van der Waals surface area contributed by atoms with Gasteiger partial charge >= 0.3 is 0 Å². The fourth-order valence-electron chi connectivity index (χ4n) is 2.37. The number of ether oxygens (including phenoxy) is 1. The summed E-state index contributed by atoms with van der Waals surface area (Å²) in [6.45, 7) is 3.49. The van der Waals surface area contributed by atoms with Gasteiger partial charge in [0.25, 0.3) is 5.91 Å². The highest BCUT2D eigenvalue weighted by molar-refractivity contribution is 6.32. The van der Waals surface area contributed by atoms with Gasteiger partial charge in [-0.2, -0.15) is 10.2 Å². The molecule has 136 valence electrons. The Morgan fingerprint density at radius 1 is 1.27 bits per heavy atom. The Morgan fingerprint density at radius 3 is 2.88 bits per heavy atom. The third kappa shape index (κ3) is 4.86. The lowest BCUT2D eigenvalue weighted by molar-refractivity contribution is 0.0945. The zero-order valence-corrected chi connectivity index (χ0v) is 15.2. The summed E-state index contributed by atoms with van der Waals surface area (Å²) in [6, 6.07) is 8.86. The lowest BCUT2D eigenvalue weighted by atomic mass is 10.3. The van der Waals surface area contributed by atoms with Gasteiger partial charge in [0.1, 0.15) is 11.4 Å². The summed E-state index contributed by atoms with van der Waals surface area (Å²) in [5.74, 6) is 0.364. The van der Waals surface area contributed by atoms with Gasteiger partial charge in [-0.15, -0.1) is 0 Å². The van der Waals surface area contributed by atoms with Gasteiger partial charge in [0.2, 0.25) is 0 Å². The summed E-state index contributed by atoms with van der Waals surface area (Å²) >= 11 is 6.04. The van der Waals surface area contributed by atoms with Crippen LogP contribution in [0.3, 0.4) is 0 Å². The van der Waals surface area contributed by atoms with Crippen molar-refractivity contribution in [3.63, 3.8) is 0 Å². The quantitative estimate of drug-likeness (QED) is 0.616. The third-order valence-corrected chi connectivity index (χ3v) is 3.99. The van der Waals surface area contributed by atoms with Crippen molar-refractivity contribution in [2.45, 2.75) is 26.6 Å². The van der Waals surface area contributed by atoms with Gasteiger partial charge in [0.15, 0.2) is 6.73 Å². The molecule has 0 saturated carbocycles. The molecule has 0 fully saturated rings. The van der Waals surface area contributed by atoms with Gasteiger partial charge < -0.3 is 10.1 Å². The standard InChI is InChI=1S/C18H20ClN5O2/c1-14-11-21-23(12-14)9-4-8-20-18(25)16-7-10-24(22-16)13-26-17-6-3-2-5-15(17)19/h2-3,5-7,10-12H,4,8-9,13H2,1H3,(H,20,25). The average Bonchev–Trinajstić information content (AvgIpc) is 3.27. The monoisotopic (exact) mass is 373 g/mol. The number of rotatable bonds is 8. The number of nitrogens with zero attached hydrogens (tertiary/aromatic N) is 4. The first-order chi connectivity index (χ1) is 12.6. The van der Waals surface area contributed by atoms with Crippen molar-refractivity contribution in [2.75, 3.05) is 6.54 Å². The number of hydrogen-bond acceptors (Lipinski definition) is 4. The third-order valence-electron chi connectivity index (χ3n) is 3.67. The molecule has 3 rings (SSSR count). The normalized spacial score (nSPS) is 10.7. The summed E-state index contributed by atoms with van der Waals surface area (Å²) in [7, 11) is 0. The molecule has 1 aromatic carbocycles. The highest BCUT2D eigenvalue weighted by Crippen LogP contribution is 2.23. The fourth-order valence-corrected chi connectivity index (χ4v) is 2.57. The van der Waals surface area contributed by atoms with Gasteiger partial charge in [-0.05, 0) is 37.1 Å². The van der Waals surface area contributed by atoms with E-state index in [-0.39, 0.29) is 12.6 Å². The number of aromatic nitrogens is 4. The molecule has 2 aromatic heterocycles. The van der Waals surface area contributed by atoms with E-state index in [0.29, 0.717) is 23.0 Å². The smallest absolute Gasteiger partial charge is 0.271 e. The first-order valence-electron chi connectivity index (χ1n) is 8.30. The van der Waals surface area contributed by atoms with Crippen molar-refractivity contribution in [1.29, 1.82) is 0 Å². The Morgan fingerprint density at radius 2 is 2.12 bits per heavy atom. The van der Waals surface area contributed by atoms with Crippen LogP contribution in [0, 0.1) is 6.92 Å². The molecule has 2 heterocycles. The van der Waals surface area contributed by atoms with Crippen LogP contribution in [0.15, 0.2) is 48.9 Å². The average molecular weight is 374 g/mol. The first-order valence-corrected chi connectivity index (χ1v) is 8.67. The van der Waals surface area contributed by atoms with Crippen molar-refractivity contribution in [3.05, 3.63) is 65.2 Å². The second kappa shape index (κ2) is 8.53. The first kappa shape index (κ1) is 18.0. The van der Waals surface area contributed by atoms with E-state index < -0.39 is 0 Å². The van der Waals surface area contributed by atoms with E-state index >= 15 is 0 Å². The summed E-state index contributed by atoms with van der Waals surface area (Å²) < 4.78 is 9.00. The second-order valence-electron chi connectivity index (χ2n) is 5.83. The van der Waals surface area contributed by atoms with Crippen LogP contribution in [0.1, 0.15) is 22.5 Å². The number of nitrogens with one attached hydrogen (secondary N) is 1. The number of carbonyl (C=O) groups excluding carboxylic acids is 1. The van der Waals surface area contributed by atoms with Crippen LogP contribution in [0.25, 0.3) is 0 Å². The molecule has 3 aromatic rings. The highest BCUT2D eigenvalue weighted by atomic mass is 35.5. The summed E-state index contributed by atoms with van der Waals surface area (Å²) in [5.41, 5.74) is 1.47. The molecule has 7 nitrogen and oxygen atoms in total. The Kier molecular flexibility index (Phi) is 5.91. The van der Waals surface area contributed by atoms with Crippen molar-refractivity contribution in [1.82, 2.24) is 24.9 Å². The van der Waals surface area contributed by atoms with E-state index in [1.165, 1.54) is 0 Å². The van der Waals surface area contributed by atoms with Crippen molar-refractivity contribution < 1.29 is 9.53 Å². The number of hydrogen-bond donors (Lipinski definition) is 1. The van der Waals surface area contributed by atoms with E-state index in [0.717, 1.165) is 18.5 Å². The summed E-state index contributed by atoms with van der Waals surface area (Å²) in [6.07, 6.45) is 6.28. The predicted octanol–water partition coefficient (Wildman–Crippen LogP) is 2.90. The maximum atomic E-state index is 12.1. The lowest BCUT2D eigenvalue weighted by Gasteiger charge is -2.07. The number of amides is 1. The molecule has 0 radical (unpaired) electrons. The van der Waals surface area contributed by atoms with Crippen LogP contribution >= 0.6 is 11.6 Å². The molecular formula is C18H20ClN5O2. The SMILES string of the molecule is Cc1cnn(CCCNC(=O)c2ccn(COc3ccccc3Cl)n2)c1. The molecule has 1 amide bonds. The molecule has 0 aliphatic heterocycles. The maximum absolute atomic E-state index is 12.1. The topological polar surface area (TPSA) is 74.0 Å². The van der Waals surface area contributed by atoms with Crippen molar-refractivity contribution >= 4 is 17.5 Å². The Balaban J connectivity index is 1.43. The van der Waals surface area contributed by atoms with E-state index in [9.17, 15) is 4.79 Å². The number of carbonyl (C=O) groups is 1. The van der Waals surface area contributed by atoms with Crippen LogP contribution in [0.5, 0.6) is 5.75 Å². The van der Waals surface area contributed by atoms with Gasteiger partial charge in [0.05, 0.1) is 11.2 Å². The largest absolute Gasteiger partial charge is 0.470 e. The fraction of sp³-hybridized carbons (Fsp3) is 0.278. The minimum absolute atomic E-state index is 0.176. The van der Waals surface area contributed by atoms with Gasteiger partial charge in [-0.1, -0.05) is 23.7 Å². The van der Waals surface area contributed by atoms with Crippen LogP contribution in [-0.4, -0.2) is 32.0 Å². The molecule has 0 aliphatic carbocycles. The molecule has 0 unspecified atom stereocenters. The Labute approximate surface area is 156 Å². The molecule has 8 heteroatoms. The molecule has 0 bridgehead atoms. The summed E-state index contributed by atoms with van der Waals surface area (Å²) in [5, 5.41) is 11.8. The number of halogens is 1. The Hall–Kier alpha value is -2.80. The van der Waals surface area contributed by atoms with Crippen LogP contribution < -0.4 is 10.1 Å². The van der Waals surface area contributed by atoms with E-state index in [2.05, 4.69) is 15.5 Å². The molecule has 0 saturated heterocycles. The highest BCUT2D eigenvalue weighted by Gasteiger charge is 2.09. The molecule has 0 atom stereocenters. The molecule has 0 aliphatic rings.